The second-order valence-electron chi connectivity index (χ2n) is 7.56. The predicted octanol–water partition coefficient (Wildman–Crippen LogP) is 6.48. The second-order valence-corrected chi connectivity index (χ2v) is 8.37. The molecule has 4 aromatic rings. The van der Waals surface area contributed by atoms with E-state index in [1.165, 1.54) is 5.56 Å². The summed E-state index contributed by atoms with van der Waals surface area (Å²) in [5, 5.41) is 15.6. The first-order valence-electron chi connectivity index (χ1n) is 10.4. The molecule has 0 saturated heterocycles. The number of halogens is 2. The monoisotopic (exact) mass is 464 g/mol. The molecule has 32 heavy (non-hydrogen) atoms. The molecule has 0 radical (unpaired) electrons. The zero-order valence-corrected chi connectivity index (χ0v) is 18.8. The Balaban J connectivity index is 1.63. The predicted molar refractivity (Wildman–Crippen MR) is 129 cm³/mol. The van der Waals surface area contributed by atoms with Crippen molar-refractivity contribution in [2.45, 2.75) is 25.3 Å². The summed E-state index contributed by atoms with van der Waals surface area (Å²) in [5.41, 5.74) is 2.69. The van der Waals surface area contributed by atoms with Crippen LogP contribution < -0.4 is 5.32 Å². The molecule has 0 spiro atoms. The number of pyridine rings is 1. The third-order valence-corrected chi connectivity index (χ3v) is 6.05. The van der Waals surface area contributed by atoms with Gasteiger partial charge in [0.05, 0.1) is 11.1 Å². The van der Waals surface area contributed by atoms with Crippen LogP contribution in [0.1, 0.15) is 35.6 Å². The molecule has 0 bridgehead atoms. The highest BCUT2D eigenvalue weighted by molar-refractivity contribution is 6.35. The lowest BCUT2D eigenvalue weighted by Crippen LogP contribution is -2.29. The van der Waals surface area contributed by atoms with E-state index in [-0.39, 0.29) is 11.7 Å². The average molecular weight is 465 g/mol. The topological polar surface area (TPSA) is 62.2 Å². The summed E-state index contributed by atoms with van der Waals surface area (Å²) in [7, 11) is 0. The number of hydrogen-bond acceptors (Lipinski definition) is 3. The number of amides is 1. The Morgan fingerprint density at radius 1 is 0.938 bits per heavy atom. The van der Waals surface area contributed by atoms with Gasteiger partial charge in [-0.1, -0.05) is 71.7 Å². The molecule has 4 nitrogen and oxygen atoms in total. The van der Waals surface area contributed by atoms with Gasteiger partial charge in [-0.05, 0) is 48.2 Å². The van der Waals surface area contributed by atoms with E-state index in [2.05, 4.69) is 10.3 Å². The number of nitrogens with one attached hydrogen (secondary N) is 1. The van der Waals surface area contributed by atoms with Gasteiger partial charge in [0.25, 0.3) is 0 Å². The molecule has 4 rings (SSSR count). The first-order chi connectivity index (χ1) is 15.5. The minimum absolute atomic E-state index is 0.0282. The van der Waals surface area contributed by atoms with Gasteiger partial charge in [-0.15, -0.1) is 0 Å². The average Bonchev–Trinajstić information content (AvgIpc) is 2.81. The number of nitrogens with zero attached hydrogens (tertiary/aromatic N) is 1. The van der Waals surface area contributed by atoms with E-state index in [9.17, 15) is 9.90 Å². The molecule has 0 aliphatic heterocycles. The molecule has 2 N–H and O–H groups in total. The maximum Gasteiger partial charge on any atom is 0.220 e. The van der Waals surface area contributed by atoms with E-state index < -0.39 is 6.04 Å². The fraction of sp³-hybridized carbons (Fsp3) is 0.154. The van der Waals surface area contributed by atoms with E-state index >= 15 is 0 Å². The fourth-order valence-electron chi connectivity index (χ4n) is 3.79. The number of carbonyl (C=O) groups is 1. The lowest BCUT2D eigenvalue weighted by Gasteiger charge is -2.23. The van der Waals surface area contributed by atoms with Gasteiger partial charge >= 0.3 is 0 Å². The number of aryl methyl sites for hydroxylation is 1. The van der Waals surface area contributed by atoms with Crippen LogP contribution in [0.25, 0.3) is 10.9 Å². The van der Waals surface area contributed by atoms with Gasteiger partial charge in [0.15, 0.2) is 0 Å². The first kappa shape index (κ1) is 22.1. The molecule has 162 valence electrons. The van der Waals surface area contributed by atoms with Crippen molar-refractivity contribution in [2.24, 2.45) is 0 Å². The Morgan fingerprint density at radius 3 is 2.47 bits per heavy atom. The van der Waals surface area contributed by atoms with Crippen molar-refractivity contribution in [1.29, 1.82) is 0 Å². The molecule has 6 heteroatoms. The normalized spacial score (nSPS) is 11.9. The smallest absolute Gasteiger partial charge is 0.220 e. The van der Waals surface area contributed by atoms with Crippen LogP contribution in [0.3, 0.4) is 0 Å². The maximum atomic E-state index is 12.9. The third-order valence-electron chi connectivity index (χ3n) is 5.39. The van der Waals surface area contributed by atoms with Gasteiger partial charge in [0.1, 0.15) is 11.3 Å². The summed E-state index contributed by atoms with van der Waals surface area (Å²) >= 11 is 13.0. The van der Waals surface area contributed by atoms with Crippen LogP contribution in [0, 0.1) is 0 Å². The fourth-order valence-corrected chi connectivity index (χ4v) is 4.30. The molecule has 0 fully saturated rings. The first-order valence-corrected chi connectivity index (χ1v) is 11.1. The number of phenolic OH excluding ortho intramolecular Hbond substituents is 1. The van der Waals surface area contributed by atoms with Crippen molar-refractivity contribution in [2.75, 3.05) is 0 Å². The number of aromatic hydroxyl groups is 1. The van der Waals surface area contributed by atoms with Gasteiger partial charge in [0.2, 0.25) is 5.91 Å². The number of hydrogen-bond donors (Lipinski definition) is 2. The van der Waals surface area contributed by atoms with Crippen LogP contribution in [-0.4, -0.2) is 16.0 Å². The maximum absolute atomic E-state index is 12.9. The largest absolute Gasteiger partial charge is 0.505 e. The molecular weight excluding hydrogens is 443 g/mol. The Labute approximate surface area is 196 Å². The zero-order valence-electron chi connectivity index (χ0n) is 17.3. The molecule has 0 aliphatic rings. The molecule has 1 heterocycles. The quantitative estimate of drug-likeness (QED) is 0.329. The molecule has 0 aliphatic carbocycles. The minimum atomic E-state index is -0.670. The molecule has 1 unspecified atom stereocenters. The summed E-state index contributed by atoms with van der Waals surface area (Å²) in [6.07, 6.45) is 3.45. The van der Waals surface area contributed by atoms with Crippen LogP contribution in [0.5, 0.6) is 5.75 Å². The highest BCUT2D eigenvalue weighted by Gasteiger charge is 2.24. The van der Waals surface area contributed by atoms with E-state index in [0.717, 1.165) is 6.42 Å². The number of fused-ring (bicyclic) bond motifs is 1. The van der Waals surface area contributed by atoms with E-state index in [1.54, 1.807) is 30.5 Å². The summed E-state index contributed by atoms with van der Waals surface area (Å²) in [6, 6.07) is 21.8. The van der Waals surface area contributed by atoms with Crippen molar-refractivity contribution in [1.82, 2.24) is 10.3 Å². The zero-order chi connectivity index (χ0) is 22.5. The van der Waals surface area contributed by atoms with Crippen molar-refractivity contribution < 1.29 is 9.90 Å². The number of rotatable bonds is 7. The van der Waals surface area contributed by atoms with Crippen LogP contribution in [0.2, 0.25) is 10.0 Å². The number of carbonyl (C=O) groups excluding carboxylic acids is 1. The molecule has 0 saturated carbocycles. The van der Waals surface area contributed by atoms with Crippen LogP contribution >= 0.6 is 23.2 Å². The van der Waals surface area contributed by atoms with Gasteiger partial charge in [-0.2, -0.15) is 0 Å². The minimum Gasteiger partial charge on any atom is -0.505 e. The SMILES string of the molecule is O=C(CCCc1ccccc1)NC(c1ccccc1Cl)c1cc(Cl)c2cccnc2c1O. The summed E-state index contributed by atoms with van der Waals surface area (Å²) < 4.78 is 0. The molecular formula is C26H22Cl2N2O2. The lowest BCUT2D eigenvalue weighted by molar-refractivity contribution is -0.121. The number of aromatic nitrogens is 1. The van der Waals surface area contributed by atoms with Crippen LogP contribution in [-0.2, 0) is 11.2 Å². The van der Waals surface area contributed by atoms with Gasteiger partial charge in [-0.3, -0.25) is 9.78 Å². The standard InChI is InChI=1S/C26H22Cl2N2O2/c27-21-13-5-4-11-18(21)24(30-23(31)14-6-10-17-8-2-1-3-9-17)20-16-22(28)19-12-7-15-29-25(19)26(20)32/h1-5,7-9,11-13,15-16,24,32H,6,10,14H2,(H,30,31). The van der Waals surface area contributed by atoms with E-state index in [1.807, 2.05) is 48.5 Å². The van der Waals surface area contributed by atoms with Crippen molar-refractivity contribution in [3.05, 3.63) is 106 Å². The van der Waals surface area contributed by atoms with Crippen LogP contribution in [0.15, 0.2) is 79.0 Å². The van der Waals surface area contributed by atoms with Crippen LogP contribution in [0.4, 0.5) is 0 Å². The number of benzene rings is 3. The van der Waals surface area contributed by atoms with Gasteiger partial charge in [0, 0.05) is 28.6 Å². The highest BCUT2D eigenvalue weighted by Crippen LogP contribution is 2.39. The van der Waals surface area contributed by atoms with E-state index in [0.29, 0.717) is 44.9 Å². The Hall–Kier alpha value is -3.08. The summed E-state index contributed by atoms with van der Waals surface area (Å²) in [5.74, 6) is -0.165. The number of phenols is 1. The highest BCUT2D eigenvalue weighted by atomic mass is 35.5. The van der Waals surface area contributed by atoms with Crippen molar-refractivity contribution in [3.8, 4) is 5.75 Å². The molecule has 3 aromatic carbocycles. The van der Waals surface area contributed by atoms with Gasteiger partial charge < -0.3 is 10.4 Å². The van der Waals surface area contributed by atoms with Gasteiger partial charge in [-0.25, -0.2) is 0 Å². The van der Waals surface area contributed by atoms with E-state index in [4.69, 9.17) is 23.2 Å². The molecule has 1 aromatic heterocycles. The third kappa shape index (κ3) is 4.87. The van der Waals surface area contributed by atoms with Crippen molar-refractivity contribution >= 4 is 40.0 Å². The Bertz CT molecular complexity index is 1250. The Kier molecular flexibility index (Phi) is 6.93. The van der Waals surface area contributed by atoms with Crippen molar-refractivity contribution in [3.63, 3.8) is 0 Å². The summed E-state index contributed by atoms with van der Waals surface area (Å²) in [6.45, 7) is 0. The summed E-state index contributed by atoms with van der Waals surface area (Å²) in [4.78, 5) is 17.2. The Morgan fingerprint density at radius 2 is 1.69 bits per heavy atom. The lowest BCUT2D eigenvalue weighted by atomic mass is 9.95. The molecule has 1 atom stereocenters. The second kappa shape index (κ2) is 10.0. The molecule has 1 amide bonds.